The van der Waals surface area contributed by atoms with Crippen LogP contribution < -0.4 is 10.6 Å². The van der Waals surface area contributed by atoms with E-state index >= 15 is 0 Å². The zero-order valence-corrected chi connectivity index (χ0v) is 14.0. The molecule has 0 saturated carbocycles. The lowest BCUT2D eigenvalue weighted by Crippen LogP contribution is -2.23. The van der Waals surface area contributed by atoms with E-state index in [1.54, 1.807) is 49.4 Å². The molecule has 6 nitrogen and oxygen atoms in total. The number of carbonyl (C=O) groups is 2. The fraction of sp³-hybridized carbons (Fsp3) is 0.105. The van der Waals surface area contributed by atoms with Gasteiger partial charge >= 0.3 is 0 Å². The van der Waals surface area contributed by atoms with Crippen molar-refractivity contribution in [3.8, 4) is 0 Å². The van der Waals surface area contributed by atoms with Crippen LogP contribution in [0.15, 0.2) is 59.1 Å². The first-order valence-electron chi connectivity index (χ1n) is 7.88. The van der Waals surface area contributed by atoms with Crippen molar-refractivity contribution in [3.63, 3.8) is 0 Å². The molecule has 3 rings (SSSR count). The first kappa shape index (κ1) is 17.3. The summed E-state index contributed by atoms with van der Waals surface area (Å²) in [5.74, 6) is -0.0400. The van der Waals surface area contributed by atoms with Gasteiger partial charge in [0.15, 0.2) is 5.82 Å². The number of amides is 2. The molecule has 7 heteroatoms. The van der Waals surface area contributed by atoms with Crippen LogP contribution in [-0.4, -0.2) is 17.0 Å². The van der Waals surface area contributed by atoms with Crippen molar-refractivity contribution in [1.82, 2.24) is 10.5 Å². The number of halogens is 1. The molecule has 0 radical (unpaired) electrons. The van der Waals surface area contributed by atoms with Gasteiger partial charge in [0.2, 0.25) is 0 Å². The molecule has 0 aliphatic carbocycles. The minimum Gasteiger partial charge on any atom is -0.360 e. The van der Waals surface area contributed by atoms with Gasteiger partial charge in [-0.25, -0.2) is 4.39 Å². The maximum absolute atomic E-state index is 12.9. The van der Waals surface area contributed by atoms with E-state index in [1.807, 2.05) is 0 Å². The minimum atomic E-state index is -0.350. The van der Waals surface area contributed by atoms with Crippen LogP contribution in [0.1, 0.15) is 32.0 Å². The average Bonchev–Trinajstić information content (AvgIpc) is 3.06. The Morgan fingerprint density at radius 1 is 1.00 bits per heavy atom. The zero-order valence-electron chi connectivity index (χ0n) is 14.0. The lowest BCUT2D eigenvalue weighted by atomic mass is 10.1. The summed E-state index contributed by atoms with van der Waals surface area (Å²) in [5.41, 5.74) is 1.60. The Morgan fingerprint density at radius 2 is 1.62 bits per heavy atom. The molecule has 0 spiro atoms. The summed E-state index contributed by atoms with van der Waals surface area (Å²) in [6, 6.07) is 13.7. The van der Waals surface area contributed by atoms with E-state index in [0.29, 0.717) is 22.7 Å². The molecule has 0 aliphatic heterocycles. The molecule has 2 aromatic carbocycles. The molecule has 3 aromatic rings. The van der Waals surface area contributed by atoms with E-state index in [0.717, 1.165) is 5.56 Å². The summed E-state index contributed by atoms with van der Waals surface area (Å²) < 4.78 is 17.7. The number of carbonyl (C=O) groups excluding carboxylic acids is 2. The van der Waals surface area contributed by atoms with E-state index in [1.165, 1.54) is 12.1 Å². The SMILES string of the molecule is Cc1cc(NC(=O)c2ccc(C(=O)NCc3ccc(F)cc3)cc2)no1. The molecule has 132 valence electrons. The van der Waals surface area contributed by atoms with Gasteiger partial charge in [0.05, 0.1) is 0 Å². The highest BCUT2D eigenvalue weighted by Gasteiger charge is 2.11. The van der Waals surface area contributed by atoms with Gasteiger partial charge in [0.25, 0.3) is 11.8 Å². The van der Waals surface area contributed by atoms with E-state index in [9.17, 15) is 14.0 Å². The molecule has 0 fully saturated rings. The van der Waals surface area contributed by atoms with Gasteiger partial charge in [-0.1, -0.05) is 17.3 Å². The maximum atomic E-state index is 12.9. The number of nitrogens with one attached hydrogen (secondary N) is 2. The molecule has 1 heterocycles. The quantitative estimate of drug-likeness (QED) is 0.737. The second-order valence-electron chi connectivity index (χ2n) is 5.66. The standard InChI is InChI=1S/C19H16FN3O3/c1-12-10-17(23-26-12)22-19(25)15-6-4-14(5-7-15)18(24)21-11-13-2-8-16(20)9-3-13/h2-10H,11H2,1H3,(H,21,24)(H,22,23,25). The van der Waals surface area contributed by atoms with Crippen molar-refractivity contribution in [2.24, 2.45) is 0 Å². The van der Waals surface area contributed by atoms with Gasteiger partial charge in [-0.05, 0) is 48.9 Å². The van der Waals surface area contributed by atoms with Crippen molar-refractivity contribution in [3.05, 3.63) is 82.9 Å². The second-order valence-corrected chi connectivity index (χ2v) is 5.66. The molecular weight excluding hydrogens is 337 g/mol. The van der Waals surface area contributed by atoms with Gasteiger partial charge in [-0.2, -0.15) is 0 Å². The van der Waals surface area contributed by atoms with Crippen LogP contribution in [0.5, 0.6) is 0 Å². The Balaban J connectivity index is 1.58. The highest BCUT2D eigenvalue weighted by Crippen LogP contribution is 2.11. The topological polar surface area (TPSA) is 84.2 Å². The average molecular weight is 353 g/mol. The molecule has 0 unspecified atom stereocenters. The lowest BCUT2D eigenvalue weighted by molar-refractivity contribution is 0.0949. The summed E-state index contributed by atoms with van der Waals surface area (Å²) in [6.07, 6.45) is 0. The van der Waals surface area contributed by atoms with E-state index in [4.69, 9.17) is 4.52 Å². The van der Waals surface area contributed by atoms with Crippen molar-refractivity contribution >= 4 is 17.6 Å². The third-order valence-electron chi connectivity index (χ3n) is 3.65. The Bertz CT molecular complexity index is 918. The number of benzene rings is 2. The van der Waals surface area contributed by atoms with E-state index in [-0.39, 0.29) is 24.2 Å². The fourth-order valence-corrected chi connectivity index (χ4v) is 2.27. The summed E-state index contributed by atoms with van der Waals surface area (Å²) in [6.45, 7) is 2.01. The van der Waals surface area contributed by atoms with E-state index < -0.39 is 0 Å². The predicted molar refractivity (Wildman–Crippen MR) is 93.2 cm³/mol. The number of nitrogens with zero attached hydrogens (tertiary/aromatic N) is 1. The minimum absolute atomic E-state index is 0.284. The van der Waals surface area contributed by atoms with Crippen LogP contribution in [0.3, 0.4) is 0 Å². The van der Waals surface area contributed by atoms with E-state index in [2.05, 4.69) is 15.8 Å². The number of aromatic nitrogens is 1. The Morgan fingerprint density at radius 3 is 2.19 bits per heavy atom. The maximum Gasteiger partial charge on any atom is 0.256 e. The third-order valence-corrected chi connectivity index (χ3v) is 3.65. The third kappa shape index (κ3) is 4.32. The smallest absolute Gasteiger partial charge is 0.256 e. The summed E-state index contributed by atoms with van der Waals surface area (Å²) in [5, 5.41) is 9.04. The van der Waals surface area contributed by atoms with Crippen molar-refractivity contribution in [2.75, 3.05) is 5.32 Å². The Kier molecular flexibility index (Phi) is 5.07. The second kappa shape index (κ2) is 7.60. The van der Waals surface area contributed by atoms with Crippen molar-refractivity contribution in [1.29, 1.82) is 0 Å². The Labute approximate surface area is 149 Å². The molecule has 2 N–H and O–H groups in total. The van der Waals surface area contributed by atoms with Crippen molar-refractivity contribution < 1.29 is 18.5 Å². The highest BCUT2D eigenvalue weighted by atomic mass is 19.1. The number of hydrogen-bond donors (Lipinski definition) is 2. The van der Waals surface area contributed by atoms with Crippen LogP contribution >= 0.6 is 0 Å². The van der Waals surface area contributed by atoms with Crippen LogP contribution in [-0.2, 0) is 6.54 Å². The molecule has 0 aliphatic rings. The predicted octanol–water partition coefficient (Wildman–Crippen LogP) is 3.30. The number of hydrogen-bond acceptors (Lipinski definition) is 4. The molecule has 0 bridgehead atoms. The summed E-state index contributed by atoms with van der Waals surface area (Å²) in [4.78, 5) is 24.3. The molecular formula is C19H16FN3O3. The first-order chi connectivity index (χ1) is 12.5. The first-order valence-corrected chi connectivity index (χ1v) is 7.88. The van der Waals surface area contributed by atoms with Gasteiger partial charge in [0, 0.05) is 23.7 Å². The number of anilines is 1. The fourth-order valence-electron chi connectivity index (χ4n) is 2.27. The summed E-state index contributed by atoms with van der Waals surface area (Å²) in [7, 11) is 0. The molecule has 26 heavy (non-hydrogen) atoms. The van der Waals surface area contributed by atoms with Crippen LogP contribution in [0.2, 0.25) is 0 Å². The van der Waals surface area contributed by atoms with Crippen LogP contribution in [0.4, 0.5) is 10.2 Å². The number of aryl methyl sites for hydroxylation is 1. The monoisotopic (exact) mass is 353 g/mol. The van der Waals surface area contributed by atoms with Gasteiger partial charge < -0.3 is 15.2 Å². The lowest BCUT2D eigenvalue weighted by Gasteiger charge is -2.06. The van der Waals surface area contributed by atoms with Gasteiger partial charge in [0.1, 0.15) is 11.6 Å². The largest absolute Gasteiger partial charge is 0.360 e. The van der Waals surface area contributed by atoms with Crippen molar-refractivity contribution in [2.45, 2.75) is 13.5 Å². The molecule has 0 atom stereocenters. The Hall–Kier alpha value is -3.48. The molecule has 0 saturated heterocycles. The molecule has 1 aromatic heterocycles. The zero-order chi connectivity index (χ0) is 18.5. The normalized spacial score (nSPS) is 10.4. The van der Waals surface area contributed by atoms with Crippen LogP contribution in [0, 0.1) is 12.7 Å². The summed E-state index contributed by atoms with van der Waals surface area (Å²) >= 11 is 0. The number of rotatable bonds is 5. The van der Waals surface area contributed by atoms with Gasteiger partial charge in [-0.15, -0.1) is 0 Å². The highest BCUT2D eigenvalue weighted by molar-refractivity contribution is 6.04. The van der Waals surface area contributed by atoms with Gasteiger partial charge in [-0.3, -0.25) is 9.59 Å². The van der Waals surface area contributed by atoms with Crippen LogP contribution in [0.25, 0.3) is 0 Å². The molecule has 2 amide bonds.